The average molecular weight is 379 g/mol. The number of benzene rings is 1. The molecule has 0 fully saturated rings. The number of sulfonamides is 1. The number of thiazole rings is 1. The van der Waals surface area contributed by atoms with E-state index in [1.54, 1.807) is 23.6 Å². The molecular weight excluding hydrogens is 366 g/mol. The molecule has 1 amide bonds. The van der Waals surface area contributed by atoms with E-state index in [4.69, 9.17) is 0 Å². The molecule has 2 heterocycles. The van der Waals surface area contributed by atoms with Crippen molar-refractivity contribution in [3.05, 3.63) is 58.4 Å². The Morgan fingerprint density at radius 3 is 2.54 bits per heavy atom. The molecule has 0 spiro atoms. The van der Waals surface area contributed by atoms with E-state index >= 15 is 0 Å². The average Bonchev–Trinajstić information content (AvgIpc) is 3.20. The summed E-state index contributed by atoms with van der Waals surface area (Å²) in [4.78, 5) is 16.2. The zero-order chi connectivity index (χ0) is 17.2. The molecule has 9 heteroatoms. The summed E-state index contributed by atoms with van der Waals surface area (Å²) in [6.45, 7) is 1.96. The Hall–Kier alpha value is -2.23. The molecule has 0 radical (unpaired) electrons. The molecule has 1 aromatic carbocycles. The molecule has 0 atom stereocenters. The Morgan fingerprint density at radius 1 is 1.12 bits per heavy atom. The Kier molecular flexibility index (Phi) is 4.65. The van der Waals surface area contributed by atoms with Gasteiger partial charge in [-0.2, -0.15) is 0 Å². The molecule has 0 bridgehead atoms. The molecule has 3 rings (SSSR count). The van der Waals surface area contributed by atoms with Crippen molar-refractivity contribution in [3.8, 4) is 0 Å². The summed E-state index contributed by atoms with van der Waals surface area (Å²) in [5, 5.41) is 6.06. The highest BCUT2D eigenvalue weighted by atomic mass is 32.2. The lowest BCUT2D eigenvalue weighted by molar-refractivity contribution is 0.102. The maximum absolute atomic E-state index is 12.2. The van der Waals surface area contributed by atoms with E-state index in [1.807, 2.05) is 19.1 Å². The minimum absolute atomic E-state index is 0.150. The Labute approximate surface area is 147 Å². The number of nitrogens with zero attached hydrogens (tertiary/aromatic N) is 1. The largest absolute Gasteiger partial charge is 0.321 e. The summed E-state index contributed by atoms with van der Waals surface area (Å²) in [6.07, 6.45) is 0. The van der Waals surface area contributed by atoms with Crippen molar-refractivity contribution in [3.63, 3.8) is 0 Å². The molecule has 0 saturated carbocycles. The van der Waals surface area contributed by atoms with Crippen LogP contribution >= 0.6 is 22.7 Å². The van der Waals surface area contributed by atoms with Crippen LogP contribution in [0.3, 0.4) is 0 Å². The number of hydrogen-bond donors (Lipinski definition) is 2. The van der Waals surface area contributed by atoms with Gasteiger partial charge < -0.3 is 5.32 Å². The van der Waals surface area contributed by atoms with E-state index < -0.39 is 15.9 Å². The van der Waals surface area contributed by atoms with E-state index in [0.717, 1.165) is 28.2 Å². The highest BCUT2D eigenvalue weighted by Crippen LogP contribution is 2.23. The number of anilines is 2. The van der Waals surface area contributed by atoms with Crippen LogP contribution in [0.25, 0.3) is 0 Å². The Balaban J connectivity index is 1.71. The molecular formula is C15H13N3O3S3. The zero-order valence-corrected chi connectivity index (χ0v) is 15.0. The van der Waals surface area contributed by atoms with Gasteiger partial charge in [0.25, 0.3) is 15.9 Å². The molecule has 124 valence electrons. The predicted molar refractivity (Wildman–Crippen MR) is 96.4 cm³/mol. The number of aromatic nitrogens is 1. The normalized spacial score (nSPS) is 11.2. The van der Waals surface area contributed by atoms with Gasteiger partial charge in [0.2, 0.25) is 0 Å². The highest BCUT2D eigenvalue weighted by molar-refractivity contribution is 7.94. The fourth-order valence-corrected chi connectivity index (χ4v) is 4.77. The van der Waals surface area contributed by atoms with Crippen molar-refractivity contribution in [2.24, 2.45) is 0 Å². The quantitative estimate of drug-likeness (QED) is 0.709. The van der Waals surface area contributed by atoms with Gasteiger partial charge in [0, 0.05) is 11.1 Å². The van der Waals surface area contributed by atoms with Crippen LogP contribution in [0.4, 0.5) is 10.8 Å². The first kappa shape index (κ1) is 16.6. The van der Waals surface area contributed by atoms with E-state index in [9.17, 15) is 13.2 Å². The summed E-state index contributed by atoms with van der Waals surface area (Å²) in [7, 11) is -3.66. The van der Waals surface area contributed by atoms with Crippen LogP contribution < -0.4 is 10.0 Å². The number of carbonyl (C=O) groups is 1. The number of thiophene rings is 1. The van der Waals surface area contributed by atoms with Crippen LogP contribution in [-0.2, 0) is 10.0 Å². The lowest BCUT2D eigenvalue weighted by Gasteiger charge is -2.03. The second-order valence-corrected chi connectivity index (χ2v) is 8.61. The Bertz CT molecular complexity index is 946. The third-order valence-electron chi connectivity index (χ3n) is 3.03. The minimum atomic E-state index is -3.66. The molecule has 0 unspecified atom stereocenters. The number of amides is 1. The summed E-state index contributed by atoms with van der Waals surface area (Å²) >= 11 is 2.17. The van der Waals surface area contributed by atoms with Crippen molar-refractivity contribution < 1.29 is 13.2 Å². The van der Waals surface area contributed by atoms with Crippen LogP contribution in [0.15, 0.2) is 51.4 Å². The molecule has 2 aromatic heterocycles. The third-order valence-corrected chi connectivity index (χ3v) is 6.65. The van der Waals surface area contributed by atoms with E-state index in [0.29, 0.717) is 5.69 Å². The van der Waals surface area contributed by atoms with Crippen LogP contribution in [0, 0.1) is 6.92 Å². The van der Waals surface area contributed by atoms with Crippen molar-refractivity contribution in [2.75, 3.05) is 10.0 Å². The van der Waals surface area contributed by atoms with Gasteiger partial charge in [-0.1, -0.05) is 23.8 Å². The van der Waals surface area contributed by atoms with Crippen LogP contribution in [0.2, 0.25) is 0 Å². The number of carbonyl (C=O) groups excluding carboxylic acids is 1. The van der Waals surface area contributed by atoms with Gasteiger partial charge in [0.1, 0.15) is 9.90 Å². The van der Waals surface area contributed by atoms with Crippen molar-refractivity contribution in [1.82, 2.24) is 4.98 Å². The van der Waals surface area contributed by atoms with Gasteiger partial charge >= 0.3 is 0 Å². The second-order valence-electron chi connectivity index (χ2n) is 4.90. The molecule has 6 nitrogen and oxygen atoms in total. The third kappa shape index (κ3) is 3.81. The van der Waals surface area contributed by atoms with Gasteiger partial charge in [-0.15, -0.1) is 22.7 Å². The fraction of sp³-hybridized carbons (Fsp3) is 0.0667. The molecule has 24 heavy (non-hydrogen) atoms. The molecule has 0 aliphatic rings. The summed E-state index contributed by atoms with van der Waals surface area (Å²) in [5.74, 6) is -0.392. The molecule has 0 aliphatic heterocycles. The maximum Gasteiger partial charge on any atom is 0.275 e. The highest BCUT2D eigenvalue weighted by Gasteiger charge is 2.18. The standard InChI is InChI=1S/C15H13N3O3S3/c1-10-4-6-11(7-5-10)16-14(19)12-9-23-15(17-12)18-24(20,21)13-3-2-8-22-13/h2-9H,1H3,(H,16,19)(H,17,18). The van der Waals surface area contributed by atoms with Gasteiger partial charge in [-0.05, 0) is 30.5 Å². The maximum atomic E-state index is 12.2. The first-order valence-corrected chi connectivity index (χ1v) is 10.1. The molecule has 0 aliphatic carbocycles. The van der Waals surface area contributed by atoms with Gasteiger partial charge in [-0.3, -0.25) is 9.52 Å². The van der Waals surface area contributed by atoms with Gasteiger partial charge in [0.05, 0.1) is 0 Å². The molecule has 0 saturated heterocycles. The second kappa shape index (κ2) is 6.71. The van der Waals surface area contributed by atoms with E-state index in [-0.39, 0.29) is 15.0 Å². The van der Waals surface area contributed by atoms with Gasteiger partial charge in [-0.25, -0.2) is 13.4 Å². The monoisotopic (exact) mass is 379 g/mol. The lowest BCUT2D eigenvalue weighted by atomic mass is 10.2. The fourth-order valence-electron chi connectivity index (χ4n) is 1.84. The van der Waals surface area contributed by atoms with Crippen molar-refractivity contribution in [2.45, 2.75) is 11.1 Å². The van der Waals surface area contributed by atoms with Crippen LogP contribution in [0.5, 0.6) is 0 Å². The summed E-state index contributed by atoms with van der Waals surface area (Å²) in [5.41, 5.74) is 1.90. The van der Waals surface area contributed by atoms with E-state index in [1.165, 1.54) is 11.4 Å². The van der Waals surface area contributed by atoms with Crippen LogP contribution in [0.1, 0.15) is 16.1 Å². The van der Waals surface area contributed by atoms with Gasteiger partial charge in [0.15, 0.2) is 5.13 Å². The predicted octanol–water partition coefficient (Wildman–Crippen LogP) is 3.57. The number of aryl methyl sites for hydroxylation is 1. The SMILES string of the molecule is Cc1ccc(NC(=O)c2csc(NS(=O)(=O)c3cccs3)n2)cc1. The first-order chi connectivity index (χ1) is 11.4. The number of nitrogens with one attached hydrogen (secondary N) is 2. The smallest absolute Gasteiger partial charge is 0.275 e. The number of rotatable bonds is 5. The summed E-state index contributed by atoms with van der Waals surface area (Å²) in [6, 6.07) is 10.5. The van der Waals surface area contributed by atoms with E-state index in [2.05, 4.69) is 15.0 Å². The zero-order valence-electron chi connectivity index (χ0n) is 12.5. The topological polar surface area (TPSA) is 88.2 Å². The number of hydrogen-bond acceptors (Lipinski definition) is 6. The van der Waals surface area contributed by atoms with Crippen molar-refractivity contribution >= 4 is 49.4 Å². The summed E-state index contributed by atoms with van der Waals surface area (Å²) < 4.78 is 26.8. The molecule has 3 aromatic rings. The first-order valence-electron chi connectivity index (χ1n) is 6.84. The van der Waals surface area contributed by atoms with Crippen molar-refractivity contribution in [1.29, 1.82) is 0 Å². The lowest BCUT2D eigenvalue weighted by Crippen LogP contribution is -2.14. The molecule has 2 N–H and O–H groups in total. The van der Waals surface area contributed by atoms with Crippen LogP contribution in [-0.4, -0.2) is 19.3 Å². The Morgan fingerprint density at radius 2 is 1.88 bits per heavy atom. The minimum Gasteiger partial charge on any atom is -0.321 e.